The molecule has 0 unspecified atom stereocenters. The molecule has 0 heterocycles. The van der Waals surface area contributed by atoms with Gasteiger partial charge in [-0.25, -0.2) is 13.2 Å². The molecule has 8 heteroatoms. The van der Waals surface area contributed by atoms with E-state index in [0.29, 0.717) is 6.54 Å². The molecule has 0 bridgehead atoms. The zero-order valence-corrected chi connectivity index (χ0v) is 14.3. The number of carbonyl (C=O) groups is 2. The molecule has 0 aromatic heterocycles. The van der Waals surface area contributed by atoms with Crippen molar-refractivity contribution < 1.29 is 22.7 Å². The molecule has 0 aliphatic rings. The topological polar surface area (TPSA) is 102 Å². The second kappa shape index (κ2) is 8.64. The highest BCUT2D eigenvalue weighted by molar-refractivity contribution is 7.89. The number of rotatable bonds is 8. The summed E-state index contributed by atoms with van der Waals surface area (Å²) in [6.07, 6.45) is 0.764. The van der Waals surface area contributed by atoms with E-state index in [-0.39, 0.29) is 17.1 Å². The van der Waals surface area contributed by atoms with Gasteiger partial charge in [-0.1, -0.05) is 6.92 Å². The Morgan fingerprint density at radius 1 is 1.17 bits per heavy atom. The van der Waals surface area contributed by atoms with Crippen LogP contribution >= 0.6 is 0 Å². The maximum atomic E-state index is 12.2. The number of ether oxygens (including phenoxy) is 1. The Hall–Kier alpha value is -1.93. The number of hydrogen-bond donors (Lipinski definition) is 2. The van der Waals surface area contributed by atoms with Crippen molar-refractivity contribution in [3.05, 3.63) is 29.8 Å². The predicted octanol–water partition coefficient (Wildman–Crippen LogP) is 1.06. The molecule has 23 heavy (non-hydrogen) atoms. The minimum Gasteiger partial charge on any atom is -0.462 e. The number of nitrogens with one attached hydrogen (secondary N) is 2. The molecule has 7 nitrogen and oxygen atoms in total. The molecule has 1 aromatic carbocycles. The first kappa shape index (κ1) is 19.1. The Kier molecular flexibility index (Phi) is 7.18. The van der Waals surface area contributed by atoms with Gasteiger partial charge < -0.3 is 10.1 Å². The lowest BCUT2D eigenvalue weighted by Crippen LogP contribution is -2.44. The number of carbonyl (C=O) groups excluding carboxylic acids is 2. The highest BCUT2D eigenvalue weighted by Gasteiger charge is 2.22. The van der Waals surface area contributed by atoms with Crippen LogP contribution in [0.3, 0.4) is 0 Å². The average molecular weight is 342 g/mol. The van der Waals surface area contributed by atoms with Gasteiger partial charge in [-0.15, -0.1) is 0 Å². The fourth-order valence-corrected chi connectivity index (χ4v) is 2.94. The van der Waals surface area contributed by atoms with Gasteiger partial charge in [0.05, 0.1) is 23.1 Å². The van der Waals surface area contributed by atoms with E-state index in [4.69, 9.17) is 4.74 Å². The maximum Gasteiger partial charge on any atom is 0.338 e. The molecule has 2 N–H and O–H groups in total. The number of sulfonamides is 1. The van der Waals surface area contributed by atoms with E-state index in [0.717, 1.165) is 6.42 Å². The Balaban J connectivity index is 2.80. The summed E-state index contributed by atoms with van der Waals surface area (Å²) in [4.78, 5) is 23.2. The first-order valence-electron chi connectivity index (χ1n) is 7.39. The smallest absolute Gasteiger partial charge is 0.338 e. The molecule has 0 saturated heterocycles. The lowest BCUT2D eigenvalue weighted by Gasteiger charge is -2.14. The molecule has 0 fully saturated rings. The van der Waals surface area contributed by atoms with Crippen LogP contribution in [0.2, 0.25) is 0 Å². The monoisotopic (exact) mass is 342 g/mol. The summed E-state index contributed by atoms with van der Waals surface area (Å²) in [5, 5.41) is 2.62. The van der Waals surface area contributed by atoms with Gasteiger partial charge in [0.15, 0.2) is 0 Å². The van der Waals surface area contributed by atoms with Crippen molar-refractivity contribution in [3.8, 4) is 0 Å². The maximum absolute atomic E-state index is 12.2. The molecule has 1 atom stereocenters. The van der Waals surface area contributed by atoms with Crippen LogP contribution in [0.1, 0.15) is 37.6 Å². The quantitative estimate of drug-likeness (QED) is 0.688. The van der Waals surface area contributed by atoms with Crippen molar-refractivity contribution in [2.45, 2.75) is 38.1 Å². The second-order valence-electron chi connectivity index (χ2n) is 4.88. The first-order valence-corrected chi connectivity index (χ1v) is 8.87. The third-order valence-electron chi connectivity index (χ3n) is 2.95. The standard InChI is InChI=1S/C15H22N2O5S/c1-4-10-16-14(18)11(3)17-23(20,21)13-8-6-12(7-9-13)15(19)22-5-2/h6-9,11,17H,4-5,10H2,1-3H3,(H,16,18)/t11-/m0/s1. The van der Waals surface area contributed by atoms with E-state index >= 15 is 0 Å². The normalized spacial score (nSPS) is 12.5. The zero-order chi connectivity index (χ0) is 17.5. The van der Waals surface area contributed by atoms with Gasteiger partial charge in [0.2, 0.25) is 15.9 Å². The Morgan fingerprint density at radius 3 is 2.30 bits per heavy atom. The fraction of sp³-hybridized carbons (Fsp3) is 0.467. The molecule has 0 radical (unpaired) electrons. The summed E-state index contributed by atoms with van der Waals surface area (Å²) >= 11 is 0. The third kappa shape index (κ3) is 5.65. The largest absolute Gasteiger partial charge is 0.462 e. The Bertz CT molecular complexity index is 640. The van der Waals surface area contributed by atoms with Gasteiger partial charge in [0, 0.05) is 6.54 Å². The molecule has 128 valence electrons. The number of benzene rings is 1. The van der Waals surface area contributed by atoms with Crippen LogP contribution < -0.4 is 10.0 Å². The van der Waals surface area contributed by atoms with E-state index in [1.165, 1.54) is 31.2 Å². The van der Waals surface area contributed by atoms with Gasteiger partial charge in [-0.05, 0) is 44.5 Å². The van der Waals surface area contributed by atoms with Gasteiger partial charge >= 0.3 is 5.97 Å². The van der Waals surface area contributed by atoms with Crippen molar-refractivity contribution in [2.24, 2.45) is 0 Å². The fourth-order valence-electron chi connectivity index (χ4n) is 1.74. The highest BCUT2D eigenvalue weighted by atomic mass is 32.2. The van der Waals surface area contributed by atoms with Crippen LogP contribution in [0.5, 0.6) is 0 Å². The van der Waals surface area contributed by atoms with Gasteiger partial charge in [-0.2, -0.15) is 4.72 Å². The molecule has 0 spiro atoms. The predicted molar refractivity (Wildman–Crippen MR) is 85.5 cm³/mol. The van der Waals surface area contributed by atoms with Gasteiger partial charge in [0.1, 0.15) is 0 Å². The number of esters is 1. The molecular formula is C15H22N2O5S. The summed E-state index contributed by atoms with van der Waals surface area (Å²) in [5.74, 6) is -0.907. The molecule has 0 saturated carbocycles. The van der Waals surface area contributed by atoms with Crippen LogP contribution in [-0.4, -0.2) is 39.5 Å². The molecule has 1 aromatic rings. The van der Waals surface area contributed by atoms with Crippen LogP contribution in [-0.2, 0) is 19.6 Å². The molecule has 1 rings (SSSR count). The van der Waals surface area contributed by atoms with Crippen LogP contribution in [0, 0.1) is 0 Å². The van der Waals surface area contributed by atoms with Crippen molar-refractivity contribution in [1.82, 2.24) is 10.0 Å². The summed E-state index contributed by atoms with van der Waals surface area (Å²) in [6.45, 7) is 5.78. The first-order chi connectivity index (χ1) is 10.8. The van der Waals surface area contributed by atoms with Gasteiger partial charge in [0.25, 0.3) is 0 Å². The number of hydrogen-bond acceptors (Lipinski definition) is 5. The lowest BCUT2D eigenvalue weighted by atomic mass is 10.2. The van der Waals surface area contributed by atoms with Crippen molar-refractivity contribution in [2.75, 3.05) is 13.2 Å². The third-order valence-corrected chi connectivity index (χ3v) is 4.51. The summed E-state index contributed by atoms with van der Waals surface area (Å²) in [6, 6.07) is 4.44. The summed E-state index contributed by atoms with van der Waals surface area (Å²) in [7, 11) is -3.85. The highest BCUT2D eigenvalue weighted by Crippen LogP contribution is 2.12. The zero-order valence-electron chi connectivity index (χ0n) is 13.5. The molecular weight excluding hydrogens is 320 g/mol. The SMILES string of the molecule is CCCNC(=O)[C@H](C)NS(=O)(=O)c1ccc(C(=O)OCC)cc1. The molecule has 0 aliphatic carbocycles. The van der Waals surface area contributed by atoms with Crippen LogP contribution in [0.4, 0.5) is 0 Å². The lowest BCUT2D eigenvalue weighted by molar-refractivity contribution is -0.122. The molecule has 0 aliphatic heterocycles. The van der Waals surface area contributed by atoms with E-state index in [1.54, 1.807) is 6.92 Å². The average Bonchev–Trinajstić information content (AvgIpc) is 2.52. The van der Waals surface area contributed by atoms with Gasteiger partial charge in [-0.3, -0.25) is 4.79 Å². The van der Waals surface area contributed by atoms with Crippen molar-refractivity contribution in [1.29, 1.82) is 0 Å². The van der Waals surface area contributed by atoms with E-state index in [2.05, 4.69) is 10.0 Å². The Morgan fingerprint density at radius 2 is 1.78 bits per heavy atom. The second-order valence-corrected chi connectivity index (χ2v) is 6.59. The summed E-state index contributed by atoms with van der Waals surface area (Å²) < 4.78 is 31.6. The van der Waals surface area contributed by atoms with Crippen LogP contribution in [0.25, 0.3) is 0 Å². The van der Waals surface area contributed by atoms with Crippen molar-refractivity contribution >= 4 is 21.9 Å². The minimum absolute atomic E-state index is 0.0271. The van der Waals surface area contributed by atoms with E-state index in [9.17, 15) is 18.0 Å². The van der Waals surface area contributed by atoms with E-state index < -0.39 is 27.9 Å². The van der Waals surface area contributed by atoms with E-state index in [1.807, 2.05) is 6.92 Å². The number of amides is 1. The van der Waals surface area contributed by atoms with Crippen molar-refractivity contribution in [3.63, 3.8) is 0 Å². The summed E-state index contributed by atoms with van der Waals surface area (Å²) in [5.41, 5.74) is 0.263. The Labute approximate surface area is 136 Å². The minimum atomic E-state index is -3.85. The van der Waals surface area contributed by atoms with Crippen LogP contribution in [0.15, 0.2) is 29.2 Å². The molecule has 1 amide bonds.